The Labute approximate surface area is 165 Å². The molecule has 1 nitrogen and oxygen atoms in total. The van der Waals surface area contributed by atoms with Gasteiger partial charge < -0.3 is 4.41 Å². The van der Waals surface area contributed by atoms with E-state index in [0.717, 1.165) is 0 Å². The minimum absolute atomic E-state index is 1.29. The lowest BCUT2D eigenvalue weighted by atomic mass is 10.2. The van der Waals surface area contributed by atoms with Crippen molar-refractivity contribution in [2.45, 2.75) is 40.4 Å². The van der Waals surface area contributed by atoms with Crippen molar-refractivity contribution in [3.63, 3.8) is 0 Å². The Morgan fingerprint density at radius 2 is 0.778 bits per heavy atom. The zero-order chi connectivity index (χ0) is 19.7. The van der Waals surface area contributed by atoms with Gasteiger partial charge in [0.2, 0.25) is 0 Å². The predicted molar refractivity (Wildman–Crippen MR) is 125 cm³/mol. The summed E-state index contributed by atoms with van der Waals surface area (Å²) in [6, 6.07) is 27.2. The normalized spacial score (nSPS) is 12.1. The largest absolute Gasteiger partial charge is 0.325 e. The number of nitrogens with zero attached hydrogens (tertiary/aromatic N) is 1. The van der Waals surface area contributed by atoms with Crippen LogP contribution in [-0.4, -0.2) is 8.24 Å². The molecule has 0 aromatic heterocycles. The van der Waals surface area contributed by atoms with E-state index in [9.17, 15) is 0 Å². The molecule has 0 bridgehead atoms. The molecule has 3 aromatic rings. The topological polar surface area (TPSA) is 12.4 Å². The van der Waals surface area contributed by atoms with E-state index in [1.807, 2.05) is 0 Å². The van der Waals surface area contributed by atoms with Crippen LogP contribution in [0, 0.1) is 20.8 Å². The fourth-order valence-corrected chi connectivity index (χ4v) is 11.0. The van der Waals surface area contributed by atoms with E-state index in [4.69, 9.17) is 4.41 Å². The smallest absolute Gasteiger partial charge is 0.171 e. The highest BCUT2D eigenvalue weighted by Gasteiger charge is 2.30. The third-order valence-corrected chi connectivity index (χ3v) is 11.4. The molecule has 0 saturated carbocycles. The molecule has 0 fully saturated rings. The molecule has 0 aliphatic rings. The number of hydrogen-bond acceptors (Lipinski definition) is 1. The Hall–Kier alpha value is -1.89. The summed E-state index contributed by atoms with van der Waals surface area (Å²) >= 11 is 0. The molecule has 0 heterocycles. The van der Waals surface area contributed by atoms with E-state index in [1.165, 1.54) is 32.6 Å². The third-order valence-electron chi connectivity index (χ3n) is 4.67. The van der Waals surface area contributed by atoms with Crippen LogP contribution in [0.2, 0.25) is 19.6 Å². The zero-order valence-electron chi connectivity index (χ0n) is 17.3. The molecule has 0 N–H and O–H groups in total. The average molecular weight is 392 g/mol. The SMILES string of the molecule is Cc1ccc(P(=N[Si](C)(C)C)(c2ccc(C)cc2)c2ccc(C)cc2)cc1. The Balaban J connectivity index is 2.44. The maximum absolute atomic E-state index is 5.69. The zero-order valence-corrected chi connectivity index (χ0v) is 19.2. The van der Waals surface area contributed by atoms with Gasteiger partial charge in [0, 0.05) is 7.05 Å². The van der Waals surface area contributed by atoms with Crippen LogP contribution >= 0.6 is 7.05 Å². The number of aryl methyl sites for hydroxylation is 3. The predicted octanol–water partition coefficient (Wildman–Crippen LogP) is 5.92. The van der Waals surface area contributed by atoms with E-state index in [1.54, 1.807) is 0 Å². The van der Waals surface area contributed by atoms with Crippen LogP contribution in [0.4, 0.5) is 0 Å². The van der Waals surface area contributed by atoms with Gasteiger partial charge in [-0.25, -0.2) is 0 Å². The summed E-state index contributed by atoms with van der Waals surface area (Å²) < 4.78 is 5.69. The maximum Gasteiger partial charge on any atom is 0.171 e. The van der Waals surface area contributed by atoms with Gasteiger partial charge in [0.05, 0.1) is 0 Å². The lowest BCUT2D eigenvalue weighted by Gasteiger charge is -2.31. The minimum Gasteiger partial charge on any atom is -0.325 e. The Kier molecular flexibility index (Phi) is 5.60. The van der Waals surface area contributed by atoms with Gasteiger partial charge >= 0.3 is 0 Å². The molecule has 3 heteroatoms. The third kappa shape index (κ3) is 4.34. The van der Waals surface area contributed by atoms with E-state index >= 15 is 0 Å². The molecule has 0 spiro atoms. The molecule has 0 unspecified atom stereocenters. The molecular weight excluding hydrogens is 361 g/mol. The molecule has 140 valence electrons. The van der Waals surface area contributed by atoms with Gasteiger partial charge in [0.25, 0.3) is 0 Å². The van der Waals surface area contributed by atoms with Crippen LogP contribution in [0.15, 0.2) is 77.2 Å². The van der Waals surface area contributed by atoms with Crippen LogP contribution in [0.5, 0.6) is 0 Å². The molecule has 0 atom stereocenters. The summed E-state index contributed by atoms with van der Waals surface area (Å²) in [6.45, 7) is 13.5. The first-order valence-electron chi connectivity index (χ1n) is 9.56. The maximum atomic E-state index is 5.69. The van der Waals surface area contributed by atoms with Crippen molar-refractivity contribution in [3.05, 3.63) is 89.5 Å². The van der Waals surface area contributed by atoms with Crippen molar-refractivity contribution in [3.8, 4) is 0 Å². The summed E-state index contributed by atoms with van der Waals surface area (Å²) in [7, 11) is -3.75. The average Bonchev–Trinajstić information content (AvgIpc) is 2.61. The highest BCUT2D eigenvalue weighted by molar-refractivity contribution is 7.88. The number of rotatable bonds is 4. The molecule has 0 aliphatic carbocycles. The molecular formula is C24H30NPSi. The number of benzene rings is 3. The van der Waals surface area contributed by atoms with Crippen molar-refractivity contribution in [1.82, 2.24) is 0 Å². The van der Waals surface area contributed by atoms with Crippen LogP contribution < -0.4 is 15.9 Å². The van der Waals surface area contributed by atoms with Crippen molar-refractivity contribution in [2.75, 3.05) is 0 Å². The molecule has 0 radical (unpaired) electrons. The first-order chi connectivity index (χ1) is 12.7. The second kappa shape index (κ2) is 7.62. The fraction of sp³-hybridized carbons (Fsp3) is 0.250. The highest BCUT2D eigenvalue weighted by atomic mass is 31.2. The molecule has 3 rings (SSSR count). The molecule has 27 heavy (non-hydrogen) atoms. The highest BCUT2D eigenvalue weighted by Crippen LogP contribution is 2.48. The van der Waals surface area contributed by atoms with E-state index < -0.39 is 15.3 Å². The van der Waals surface area contributed by atoms with Crippen LogP contribution in [-0.2, 0) is 0 Å². The summed E-state index contributed by atoms with van der Waals surface area (Å²) in [5.74, 6) is 0. The molecule has 0 saturated heterocycles. The molecule has 0 amide bonds. The van der Waals surface area contributed by atoms with Crippen LogP contribution in [0.1, 0.15) is 16.7 Å². The fourth-order valence-electron chi connectivity index (χ4n) is 3.35. The monoisotopic (exact) mass is 391 g/mol. The lowest BCUT2D eigenvalue weighted by Crippen LogP contribution is -2.29. The van der Waals surface area contributed by atoms with Gasteiger partial charge in [0.1, 0.15) is 0 Å². The molecule has 0 aliphatic heterocycles. The van der Waals surface area contributed by atoms with E-state index in [0.29, 0.717) is 0 Å². The van der Waals surface area contributed by atoms with E-state index in [2.05, 4.69) is 113 Å². The molecule has 3 aromatic carbocycles. The van der Waals surface area contributed by atoms with Gasteiger partial charge in [0.15, 0.2) is 8.24 Å². The summed E-state index contributed by atoms with van der Waals surface area (Å²) in [4.78, 5) is 0. The van der Waals surface area contributed by atoms with Gasteiger partial charge in [-0.3, -0.25) is 0 Å². The van der Waals surface area contributed by atoms with Crippen molar-refractivity contribution < 1.29 is 0 Å². The van der Waals surface area contributed by atoms with Crippen molar-refractivity contribution in [1.29, 1.82) is 0 Å². The Bertz CT molecular complexity index is 845. The second-order valence-electron chi connectivity index (χ2n) is 8.41. The van der Waals surface area contributed by atoms with Crippen molar-refractivity contribution in [2.24, 2.45) is 4.41 Å². The van der Waals surface area contributed by atoms with Crippen LogP contribution in [0.3, 0.4) is 0 Å². The Morgan fingerprint density at radius 3 is 1.00 bits per heavy atom. The first-order valence-corrected chi connectivity index (χ1v) is 14.7. The summed E-state index contributed by atoms with van der Waals surface area (Å²) in [5, 5.41) is 4.05. The minimum atomic E-state index is -2.05. The number of hydrogen-bond donors (Lipinski definition) is 0. The Morgan fingerprint density at radius 1 is 0.519 bits per heavy atom. The van der Waals surface area contributed by atoms with Gasteiger partial charge in [-0.1, -0.05) is 109 Å². The quantitative estimate of drug-likeness (QED) is 0.386. The summed E-state index contributed by atoms with van der Waals surface area (Å²) in [5.41, 5.74) is 3.87. The van der Waals surface area contributed by atoms with Crippen molar-refractivity contribution >= 4 is 31.2 Å². The van der Waals surface area contributed by atoms with Gasteiger partial charge in [-0.2, -0.15) is 0 Å². The standard InChI is InChI=1S/C24H30NPSi/c1-19-7-13-22(14-8-19)26(25-27(4,5)6,23-15-9-20(2)10-16-23)24-17-11-21(3)12-18-24/h7-18H,1-6H3. The van der Waals surface area contributed by atoms with Gasteiger partial charge in [-0.15, -0.1) is 0 Å². The lowest BCUT2D eigenvalue weighted by molar-refractivity contribution is 1.48. The van der Waals surface area contributed by atoms with Crippen LogP contribution in [0.25, 0.3) is 0 Å². The van der Waals surface area contributed by atoms with E-state index in [-0.39, 0.29) is 0 Å². The van der Waals surface area contributed by atoms with Gasteiger partial charge in [-0.05, 0) is 36.7 Å². The second-order valence-corrected chi connectivity index (χ2v) is 16.4. The first kappa shape index (κ1) is 19.9. The summed E-state index contributed by atoms with van der Waals surface area (Å²) in [6.07, 6.45) is 0.